The number of benzene rings is 1. The van der Waals surface area contributed by atoms with Crippen molar-refractivity contribution >= 4 is 16.0 Å². The van der Waals surface area contributed by atoms with Crippen molar-refractivity contribution in [2.24, 2.45) is 5.92 Å². The second-order valence-electron chi connectivity index (χ2n) is 4.71. The van der Waals surface area contributed by atoms with Crippen molar-refractivity contribution in [3.05, 3.63) is 29.6 Å². The Morgan fingerprint density at radius 3 is 2.65 bits per heavy atom. The van der Waals surface area contributed by atoms with Crippen molar-refractivity contribution in [3.8, 4) is 0 Å². The summed E-state index contributed by atoms with van der Waals surface area (Å²) in [4.78, 5) is 10.0. The molecule has 0 heterocycles. The van der Waals surface area contributed by atoms with E-state index < -0.39 is 32.8 Å². The Morgan fingerprint density at radius 2 is 2.10 bits per heavy atom. The first-order chi connectivity index (χ1) is 9.31. The van der Waals surface area contributed by atoms with Crippen LogP contribution in [-0.2, 0) is 10.0 Å². The molecule has 1 unspecified atom stereocenters. The fourth-order valence-corrected chi connectivity index (χ4v) is 2.92. The summed E-state index contributed by atoms with van der Waals surface area (Å²) in [5, 5.41) is 18.4. The number of aliphatic hydroxyl groups excluding tert-OH is 1. The molecule has 0 aliphatic heterocycles. The number of rotatable bonds is 6. The van der Waals surface area contributed by atoms with Crippen LogP contribution in [0.4, 0.5) is 4.39 Å². The van der Waals surface area contributed by atoms with Crippen LogP contribution in [0.2, 0.25) is 0 Å². The van der Waals surface area contributed by atoms with E-state index in [9.17, 15) is 22.7 Å². The van der Waals surface area contributed by atoms with Gasteiger partial charge in [-0.1, -0.05) is 0 Å². The van der Waals surface area contributed by atoms with Gasteiger partial charge in [0.05, 0.1) is 11.7 Å². The van der Waals surface area contributed by atoms with Crippen LogP contribution in [0.15, 0.2) is 23.1 Å². The number of aromatic carboxylic acids is 1. The van der Waals surface area contributed by atoms with Gasteiger partial charge in [-0.15, -0.1) is 0 Å². The third-order valence-electron chi connectivity index (χ3n) is 3.12. The average molecular weight is 303 g/mol. The van der Waals surface area contributed by atoms with E-state index in [-0.39, 0.29) is 18.0 Å². The quantitative estimate of drug-likeness (QED) is 0.713. The van der Waals surface area contributed by atoms with Gasteiger partial charge >= 0.3 is 5.97 Å². The van der Waals surface area contributed by atoms with Gasteiger partial charge in [0.15, 0.2) is 0 Å². The van der Waals surface area contributed by atoms with Crippen LogP contribution in [0.3, 0.4) is 0 Å². The normalized spacial score (nSPS) is 16.9. The van der Waals surface area contributed by atoms with Crippen molar-refractivity contribution in [1.29, 1.82) is 0 Å². The molecule has 2 rings (SSSR count). The van der Waals surface area contributed by atoms with Gasteiger partial charge in [0.2, 0.25) is 10.0 Å². The molecule has 1 aliphatic rings. The van der Waals surface area contributed by atoms with Crippen molar-refractivity contribution in [2.75, 3.05) is 6.54 Å². The summed E-state index contributed by atoms with van der Waals surface area (Å²) in [5.74, 6) is -2.31. The summed E-state index contributed by atoms with van der Waals surface area (Å²) in [6.07, 6.45) is 0.868. The number of halogens is 1. The van der Waals surface area contributed by atoms with E-state index in [0.29, 0.717) is 0 Å². The first kappa shape index (κ1) is 14.9. The number of carbonyl (C=O) groups is 1. The highest BCUT2D eigenvalue weighted by molar-refractivity contribution is 7.89. The minimum atomic E-state index is -4.20. The molecule has 20 heavy (non-hydrogen) atoms. The molecule has 0 amide bonds. The maximum Gasteiger partial charge on any atom is 0.335 e. The summed E-state index contributed by atoms with van der Waals surface area (Å²) in [5.41, 5.74) is -0.325. The van der Waals surface area contributed by atoms with Gasteiger partial charge in [0, 0.05) is 6.54 Å². The van der Waals surface area contributed by atoms with Gasteiger partial charge in [-0.05, 0) is 37.0 Å². The number of hydrogen-bond acceptors (Lipinski definition) is 4. The third-order valence-corrected chi connectivity index (χ3v) is 4.55. The molecule has 0 spiro atoms. The van der Waals surface area contributed by atoms with Crippen LogP contribution >= 0.6 is 0 Å². The van der Waals surface area contributed by atoms with Crippen LogP contribution in [0, 0.1) is 11.7 Å². The lowest BCUT2D eigenvalue weighted by Crippen LogP contribution is -2.33. The van der Waals surface area contributed by atoms with Gasteiger partial charge in [-0.3, -0.25) is 0 Å². The summed E-state index contributed by atoms with van der Waals surface area (Å²) >= 11 is 0. The Kier molecular flexibility index (Phi) is 4.07. The Balaban J connectivity index is 2.19. The molecule has 3 N–H and O–H groups in total. The fourth-order valence-electron chi connectivity index (χ4n) is 1.76. The van der Waals surface area contributed by atoms with Crippen LogP contribution in [0.1, 0.15) is 23.2 Å². The topological polar surface area (TPSA) is 104 Å². The predicted molar refractivity (Wildman–Crippen MR) is 67.3 cm³/mol. The van der Waals surface area contributed by atoms with Gasteiger partial charge in [-0.2, -0.15) is 0 Å². The van der Waals surface area contributed by atoms with Crippen molar-refractivity contribution in [2.45, 2.75) is 23.8 Å². The molecular weight excluding hydrogens is 289 g/mol. The van der Waals surface area contributed by atoms with Crippen LogP contribution in [-0.4, -0.2) is 37.2 Å². The van der Waals surface area contributed by atoms with Gasteiger partial charge in [0.25, 0.3) is 0 Å². The van der Waals surface area contributed by atoms with E-state index in [1.54, 1.807) is 0 Å². The maximum absolute atomic E-state index is 13.5. The Labute approximate surface area is 115 Å². The molecule has 8 heteroatoms. The van der Waals surface area contributed by atoms with Crippen molar-refractivity contribution in [3.63, 3.8) is 0 Å². The molecule has 0 bridgehead atoms. The highest BCUT2D eigenvalue weighted by Crippen LogP contribution is 2.32. The van der Waals surface area contributed by atoms with Gasteiger partial charge < -0.3 is 10.2 Å². The van der Waals surface area contributed by atoms with E-state index in [1.807, 2.05) is 0 Å². The minimum absolute atomic E-state index is 0.0768. The summed E-state index contributed by atoms with van der Waals surface area (Å²) < 4.78 is 39.5. The van der Waals surface area contributed by atoms with E-state index in [4.69, 9.17) is 5.11 Å². The Bertz CT molecular complexity index is 627. The zero-order chi connectivity index (χ0) is 14.9. The smallest absolute Gasteiger partial charge is 0.335 e. The molecule has 110 valence electrons. The maximum atomic E-state index is 13.5. The number of hydrogen-bond donors (Lipinski definition) is 3. The predicted octanol–water partition coefficient (Wildman–Crippen LogP) is 0.573. The average Bonchev–Trinajstić information content (AvgIpc) is 3.20. The van der Waals surface area contributed by atoms with Gasteiger partial charge in [0.1, 0.15) is 10.7 Å². The number of carboxylic acids is 1. The molecule has 1 aromatic rings. The van der Waals surface area contributed by atoms with E-state index >= 15 is 0 Å². The number of nitrogens with one attached hydrogen (secondary N) is 1. The summed E-state index contributed by atoms with van der Waals surface area (Å²) in [7, 11) is -4.20. The Hall–Kier alpha value is -1.51. The third kappa shape index (κ3) is 3.33. The standard InChI is InChI=1S/C12H14FNO5S/c13-9-4-3-8(12(16)17)5-11(9)20(18,19)14-6-10(15)7-1-2-7/h3-5,7,10,14-15H,1-2,6H2,(H,16,17). The first-order valence-electron chi connectivity index (χ1n) is 6.02. The fraction of sp³-hybridized carbons (Fsp3) is 0.417. The second kappa shape index (κ2) is 5.47. The lowest BCUT2D eigenvalue weighted by atomic mass is 10.2. The molecule has 0 saturated heterocycles. The Morgan fingerprint density at radius 1 is 1.45 bits per heavy atom. The number of sulfonamides is 1. The molecular formula is C12H14FNO5S. The van der Waals surface area contributed by atoms with Gasteiger partial charge in [-0.25, -0.2) is 22.3 Å². The van der Waals surface area contributed by atoms with Crippen LogP contribution in [0.5, 0.6) is 0 Å². The molecule has 6 nitrogen and oxygen atoms in total. The lowest BCUT2D eigenvalue weighted by Gasteiger charge is -2.12. The van der Waals surface area contributed by atoms with Crippen molar-refractivity contribution < 1.29 is 27.8 Å². The largest absolute Gasteiger partial charge is 0.478 e. The number of carboxylic acid groups (broad SMARTS) is 1. The van der Waals surface area contributed by atoms with Crippen LogP contribution < -0.4 is 4.72 Å². The summed E-state index contributed by atoms with van der Waals surface area (Å²) in [6.45, 7) is -0.219. The van der Waals surface area contributed by atoms with Crippen LogP contribution in [0.25, 0.3) is 0 Å². The molecule has 0 radical (unpaired) electrons. The molecule has 1 saturated carbocycles. The lowest BCUT2D eigenvalue weighted by molar-refractivity contribution is 0.0696. The molecule has 0 aromatic heterocycles. The number of aliphatic hydroxyl groups is 1. The highest BCUT2D eigenvalue weighted by atomic mass is 32.2. The highest BCUT2D eigenvalue weighted by Gasteiger charge is 2.31. The van der Waals surface area contributed by atoms with Crippen molar-refractivity contribution in [1.82, 2.24) is 4.72 Å². The molecule has 1 aliphatic carbocycles. The SMILES string of the molecule is O=C(O)c1ccc(F)c(S(=O)(=O)NCC(O)C2CC2)c1. The zero-order valence-corrected chi connectivity index (χ0v) is 11.2. The first-order valence-corrected chi connectivity index (χ1v) is 7.50. The molecule has 1 fully saturated rings. The monoisotopic (exact) mass is 303 g/mol. The minimum Gasteiger partial charge on any atom is -0.478 e. The van der Waals surface area contributed by atoms with E-state index in [0.717, 1.165) is 31.0 Å². The second-order valence-corrected chi connectivity index (χ2v) is 6.44. The molecule has 1 aromatic carbocycles. The summed E-state index contributed by atoms with van der Waals surface area (Å²) in [6, 6.07) is 2.52. The molecule has 1 atom stereocenters. The zero-order valence-electron chi connectivity index (χ0n) is 10.4. The van der Waals surface area contributed by atoms with E-state index in [1.165, 1.54) is 0 Å². The van der Waals surface area contributed by atoms with E-state index in [2.05, 4.69) is 4.72 Å².